The third kappa shape index (κ3) is 58.8. The minimum atomic E-state index is -4.10. The van der Waals surface area contributed by atoms with Crippen LogP contribution in [0, 0.1) is 95.6 Å². The molecular weight excluding hydrogens is 946 g/mol. The van der Waals surface area contributed by atoms with E-state index in [1.54, 1.807) is 6.92 Å². The molecule has 2 aliphatic rings. The van der Waals surface area contributed by atoms with Crippen LogP contribution in [0.5, 0.6) is 0 Å². The summed E-state index contributed by atoms with van der Waals surface area (Å²) < 4.78 is 59.2. The SMILES string of the molecule is C.CC(C)(C)C1CCCC1.CC(C)(C)C1CCCCC1.CC(C)(C)CC(C)(C)C.CC(C)(C)CC(C)(C)C(F)(F)F.CC(C)CC(C)(C)C.CCC(CC)C(C(CC)CC)C(C)(C)C.[2H]C(C)(C)C(C)(C)C.[2H]C([2H])(C)C(C)(C)C. The molecule has 0 spiro atoms. The van der Waals surface area contributed by atoms with E-state index in [4.69, 9.17) is 4.11 Å². The lowest BCUT2D eigenvalue weighted by Gasteiger charge is -2.42. The number of hydrogen-bond donors (Lipinski definition) is 0. The van der Waals surface area contributed by atoms with Gasteiger partial charge in [0.1, 0.15) is 0 Å². The van der Waals surface area contributed by atoms with Crippen LogP contribution in [0.3, 0.4) is 0 Å². The standard InChI is InChI=1S/C15H32.C10H20.C9H17F3.C9H18.C9H20.C8H18.C7H16.C6H14.CH4/c1-8-12(9-2)14(15(5,6)7)13(10-3)11-4;1-10(2,3)9-7-5-4-6-8-9;1-7(2,3)6-8(4,5)9(10,11)12;1-9(2,3)8-6-4-5-7-8;1-8(2,3)7-9(4,5)6;1-7(2)6-8(3,4)5;1-6(2)7(3,4)5;1-5-6(2,3)4;/h12-14H,8-11H2,1-7H3;9H,4-8H2,1-3H3;6H2,1-5H3;8H,4-7H2,1-3H3;7H2,1-6H3;7H,6H2,1-5H3;6H,1-5H3;5H2,1-4H3;1H4/i;;;;;;6D;5D2;. The van der Waals surface area contributed by atoms with Gasteiger partial charge in [-0.25, -0.2) is 0 Å². The predicted octanol–water partition coefficient (Wildman–Crippen LogP) is 28.7. The highest BCUT2D eigenvalue weighted by molar-refractivity contribution is 4.85. The molecule has 0 atom stereocenters. The first-order chi connectivity index (χ1) is 34.2. The maximum Gasteiger partial charge on any atom is 0.393 e. The predicted molar refractivity (Wildman–Crippen MR) is 356 cm³/mol. The van der Waals surface area contributed by atoms with E-state index in [1.165, 1.54) is 110 Å². The van der Waals surface area contributed by atoms with Gasteiger partial charge in [0.05, 0.1) is 5.41 Å². The van der Waals surface area contributed by atoms with E-state index in [9.17, 15) is 13.2 Å². The van der Waals surface area contributed by atoms with Gasteiger partial charge in [-0.1, -0.05) is 335 Å². The van der Waals surface area contributed by atoms with Gasteiger partial charge in [-0.3, -0.25) is 0 Å². The minimum Gasteiger partial charge on any atom is -0.171 e. The average Bonchev–Trinajstić information content (AvgIpc) is 3.71. The Hall–Kier alpha value is -0.210. The van der Waals surface area contributed by atoms with E-state index in [-0.39, 0.29) is 36.0 Å². The van der Waals surface area contributed by atoms with Crippen molar-refractivity contribution in [3.8, 4) is 0 Å². The second kappa shape index (κ2) is 39.4. The first-order valence-corrected chi connectivity index (χ1v) is 31.8. The van der Waals surface area contributed by atoms with Crippen LogP contribution in [-0.4, -0.2) is 6.18 Å². The molecule has 77 heavy (non-hydrogen) atoms. The maximum absolute atomic E-state index is 12.4. The van der Waals surface area contributed by atoms with Gasteiger partial charge >= 0.3 is 6.18 Å². The molecule has 2 aliphatic carbocycles. The van der Waals surface area contributed by atoms with Crippen molar-refractivity contribution in [3.63, 3.8) is 0 Å². The van der Waals surface area contributed by atoms with E-state index in [0.717, 1.165) is 35.5 Å². The Bertz CT molecular complexity index is 1350. The zero-order chi connectivity index (χ0) is 65.3. The summed E-state index contributed by atoms with van der Waals surface area (Å²) in [6.07, 6.45) is 16.3. The Morgan fingerprint density at radius 1 is 0.403 bits per heavy atom. The summed E-state index contributed by atoms with van der Waals surface area (Å²) in [5.74, 6) is 5.26. The zero-order valence-electron chi connectivity index (χ0n) is 63.4. The molecule has 0 nitrogen and oxygen atoms in total. The van der Waals surface area contributed by atoms with Crippen molar-refractivity contribution in [2.75, 3.05) is 0 Å². The van der Waals surface area contributed by atoms with E-state index in [1.807, 2.05) is 55.4 Å². The van der Waals surface area contributed by atoms with E-state index in [2.05, 4.69) is 187 Å². The van der Waals surface area contributed by atoms with Gasteiger partial charge in [-0.15, -0.1) is 0 Å². The van der Waals surface area contributed by atoms with Crippen molar-refractivity contribution >= 4 is 0 Å². The normalized spacial score (nSPS) is 16.6. The summed E-state index contributed by atoms with van der Waals surface area (Å²) in [5, 5.41) is 0. The molecule has 0 aromatic rings. The van der Waals surface area contributed by atoms with Gasteiger partial charge in [0.2, 0.25) is 0 Å². The molecule has 2 fully saturated rings. The molecule has 476 valence electrons. The quantitative estimate of drug-likeness (QED) is 0.227. The van der Waals surface area contributed by atoms with Gasteiger partial charge in [-0.05, 0) is 135 Å². The van der Waals surface area contributed by atoms with E-state index < -0.39 is 18.0 Å². The van der Waals surface area contributed by atoms with Crippen LogP contribution in [-0.2, 0) is 0 Å². The molecule has 0 saturated heterocycles. The first kappa shape index (κ1) is 83.3. The summed E-state index contributed by atoms with van der Waals surface area (Å²) in [4.78, 5) is 0. The lowest BCUT2D eigenvalue weighted by atomic mass is 9.64. The third-order valence-electron chi connectivity index (χ3n) is 15.6. The Kier molecular flexibility index (Phi) is 42.5. The number of hydrogen-bond acceptors (Lipinski definition) is 0. The molecule has 0 amide bonds. The number of rotatable bonds is 8. The highest BCUT2D eigenvalue weighted by Gasteiger charge is 2.48. The highest BCUT2D eigenvalue weighted by Crippen LogP contribution is 2.46. The molecule has 0 aliphatic heterocycles. The summed E-state index contributed by atoms with van der Waals surface area (Å²) >= 11 is 0. The van der Waals surface area contributed by atoms with Crippen molar-refractivity contribution in [3.05, 3.63) is 0 Å². The maximum atomic E-state index is 12.4. The lowest BCUT2D eigenvalue weighted by Crippen LogP contribution is -2.35. The molecule has 0 heterocycles. The van der Waals surface area contributed by atoms with Crippen molar-refractivity contribution in [1.82, 2.24) is 0 Å². The van der Waals surface area contributed by atoms with Crippen LogP contribution in [0.15, 0.2) is 0 Å². The van der Waals surface area contributed by atoms with Crippen LogP contribution >= 0.6 is 0 Å². The van der Waals surface area contributed by atoms with Gasteiger partial charge in [0.15, 0.2) is 0 Å². The Morgan fingerprint density at radius 2 is 0.649 bits per heavy atom. The van der Waals surface area contributed by atoms with Crippen LogP contribution in [0.25, 0.3) is 0 Å². The zero-order valence-corrected chi connectivity index (χ0v) is 60.4. The Balaban J connectivity index is -0.000000153. The molecule has 0 aromatic heterocycles. The third-order valence-corrected chi connectivity index (χ3v) is 15.6. The smallest absolute Gasteiger partial charge is 0.171 e. The summed E-state index contributed by atoms with van der Waals surface area (Å²) in [7, 11) is 0. The molecule has 2 rings (SSSR count). The largest absolute Gasteiger partial charge is 0.393 e. The van der Waals surface area contributed by atoms with E-state index >= 15 is 0 Å². The first-order valence-electron chi connectivity index (χ1n) is 33.3. The van der Waals surface area contributed by atoms with Gasteiger partial charge in [-0.2, -0.15) is 13.2 Å². The molecule has 3 heteroatoms. The second-order valence-corrected chi connectivity index (χ2v) is 35.4. The fourth-order valence-electron chi connectivity index (χ4n) is 11.4. The van der Waals surface area contributed by atoms with Crippen LogP contribution in [0.2, 0.25) is 0 Å². The fourth-order valence-corrected chi connectivity index (χ4v) is 11.4. The highest BCUT2D eigenvalue weighted by atomic mass is 19.4. The molecule has 2 saturated carbocycles. The molecule has 0 N–H and O–H groups in total. The monoisotopic (exact) mass is 1110 g/mol. The molecule has 0 unspecified atom stereocenters. The summed E-state index contributed by atoms with van der Waals surface area (Å²) in [6.45, 7) is 81.4. The van der Waals surface area contributed by atoms with Crippen LogP contribution < -0.4 is 0 Å². The molecule has 0 bridgehead atoms. The number of halogens is 3. The summed E-state index contributed by atoms with van der Waals surface area (Å²) in [5.41, 5.74) is 1.12. The Labute approximate surface area is 496 Å². The van der Waals surface area contributed by atoms with Gasteiger partial charge in [0.25, 0.3) is 0 Å². The van der Waals surface area contributed by atoms with Crippen molar-refractivity contribution in [2.45, 2.75) is 386 Å². The topological polar surface area (TPSA) is 0 Å². The van der Waals surface area contributed by atoms with Crippen molar-refractivity contribution in [2.24, 2.45) is 95.6 Å². The molecular formula is C74H159F3. The van der Waals surface area contributed by atoms with Crippen molar-refractivity contribution < 1.29 is 17.3 Å². The van der Waals surface area contributed by atoms with E-state index in [0.29, 0.717) is 32.5 Å². The molecule has 0 aromatic carbocycles. The summed E-state index contributed by atoms with van der Waals surface area (Å²) in [6, 6.07) is 0. The second-order valence-electron chi connectivity index (χ2n) is 35.4. The Morgan fingerprint density at radius 3 is 0.740 bits per heavy atom. The lowest BCUT2D eigenvalue weighted by molar-refractivity contribution is -0.220. The van der Waals surface area contributed by atoms with Crippen molar-refractivity contribution in [1.29, 1.82) is 0 Å². The fraction of sp³-hybridized carbons (Fsp3) is 1.00. The number of alkyl halides is 3. The molecule has 0 radical (unpaired) electrons. The average molecular weight is 1110 g/mol. The van der Waals surface area contributed by atoms with Gasteiger partial charge in [0, 0.05) is 4.11 Å². The van der Waals surface area contributed by atoms with Gasteiger partial charge < -0.3 is 0 Å². The van der Waals surface area contributed by atoms with Crippen LogP contribution in [0.1, 0.15) is 384 Å². The van der Waals surface area contributed by atoms with Crippen LogP contribution in [0.4, 0.5) is 13.2 Å². The minimum absolute atomic E-state index is 0.